The smallest absolute Gasteiger partial charge is 0.132 e. The summed E-state index contributed by atoms with van der Waals surface area (Å²) in [5.41, 5.74) is 0.540. The summed E-state index contributed by atoms with van der Waals surface area (Å²) in [5.74, 6) is 1.38. The zero-order valence-electron chi connectivity index (χ0n) is 11.8. The van der Waals surface area contributed by atoms with Crippen LogP contribution in [-0.2, 0) is 4.79 Å². The van der Waals surface area contributed by atoms with Gasteiger partial charge in [-0.05, 0) is 69.6 Å². The van der Waals surface area contributed by atoms with Crippen molar-refractivity contribution in [3.05, 3.63) is 0 Å². The Bertz CT molecular complexity index is 295. The fourth-order valence-corrected chi connectivity index (χ4v) is 4.00. The molecule has 0 aromatic rings. The minimum atomic E-state index is 0. The Morgan fingerprint density at radius 2 is 1.84 bits per heavy atom. The van der Waals surface area contributed by atoms with E-state index in [2.05, 4.69) is 10.2 Å². The first-order chi connectivity index (χ1) is 8.76. The molecule has 1 spiro atoms. The fraction of sp³-hybridized carbons (Fsp3) is 0.933. The SMILES string of the molecule is Cl.O=C1CCC2(CC1)CCN(C[C@@H]1CCNC1)CC2. The Labute approximate surface area is 122 Å². The van der Waals surface area contributed by atoms with Gasteiger partial charge in [0.15, 0.2) is 0 Å². The van der Waals surface area contributed by atoms with Gasteiger partial charge in [0.25, 0.3) is 0 Å². The third-order valence-corrected chi connectivity index (χ3v) is 5.46. The molecule has 2 heterocycles. The molecule has 0 unspecified atom stereocenters. The Morgan fingerprint density at radius 3 is 2.42 bits per heavy atom. The first-order valence-electron chi connectivity index (χ1n) is 7.71. The van der Waals surface area contributed by atoms with Crippen molar-refractivity contribution in [2.45, 2.75) is 44.9 Å². The van der Waals surface area contributed by atoms with E-state index < -0.39 is 0 Å². The molecule has 4 heteroatoms. The molecule has 1 aliphatic carbocycles. The third kappa shape index (κ3) is 3.71. The van der Waals surface area contributed by atoms with Crippen molar-refractivity contribution < 1.29 is 4.79 Å². The van der Waals surface area contributed by atoms with E-state index in [1.54, 1.807) is 0 Å². The van der Waals surface area contributed by atoms with Gasteiger partial charge in [-0.2, -0.15) is 0 Å². The number of hydrogen-bond donors (Lipinski definition) is 1. The molecule has 0 bridgehead atoms. The quantitative estimate of drug-likeness (QED) is 0.845. The van der Waals surface area contributed by atoms with Crippen LogP contribution >= 0.6 is 12.4 Å². The number of nitrogens with zero attached hydrogens (tertiary/aromatic N) is 1. The van der Waals surface area contributed by atoms with Crippen molar-refractivity contribution in [3.8, 4) is 0 Å². The summed E-state index contributed by atoms with van der Waals surface area (Å²) in [5, 5.41) is 3.46. The molecule has 3 nitrogen and oxygen atoms in total. The van der Waals surface area contributed by atoms with Crippen LogP contribution in [0.15, 0.2) is 0 Å². The zero-order valence-corrected chi connectivity index (χ0v) is 12.6. The van der Waals surface area contributed by atoms with Crippen LogP contribution < -0.4 is 5.32 Å². The summed E-state index contributed by atoms with van der Waals surface area (Å²) in [6.45, 7) is 6.26. The van der Waals surface area contributed by atoms with E-state index >= 15 is 0 Å². The lowest BCUT2D eigenvalue weighted by atomic mass is 9.68. The Balaban J connectivity index is 0.00000133. The first-order valence-corrected chi connectivity index (χ1v) is 7.71. The second-order valence-corrected chi connectivity index (χ2v) is 6.70. The second-order valence-electron chi connectivity index (χ2n) is 6.70. The van der Waals surface area contributed by atoms with Crippen molar-refractivity contribution in [2.24, 2.45) is 11.3 Å². The lowest BCUT2D eigenvalue weighted by Gasteiger charge is -2.44. The van der Waals surface area contributed by atoms with Gasteiger partial charge in [-0.25, -0.2) is 0 Å². The highest BCUT2D eigenvalue weighted by Gasteiger charge is 2.37. The molecular weight excluding hydrogens is 260 g/mol. The van der Waals surface area contributed by atoms with Gasteiger partial charge in [-0.3, -0.25) is 4.79 Å². The lowest BCUT2D eigenvalue weighted by molar-refractivity contribution is -0.123. The summed E-state index contributed by atoms with van der Waals surface area (Å²) < 4.78 is 0. The molecule has 0 aromatic heterocycles. The van der Waals surface area contributed by atoms with Crippen molar-refractivity contribution in [3.63, 3.8) is 0 Å². The normalized spacial score (nSPS) is 31.4. The van der Waals surface area contributed by atoms with Gasteiger partial charge in [0, 0.05) is 19.4 Å². The Kier molecular flexibility index (Phi) is 5.27. The maximum Gasteiger partial charge on any atom is 0.132 e. The minimum absolute atomic E-state index is 0. The Morgan fingerprint density at radius 1 is 1.16 bits per heavy atom. The average Bonchev–Trinajstić information content (AvgIpc) is 2.89. The molecule has 0 amide bonds. The first kappa shape index (κ1) is 15.3. The molecule has 2 aliphatic heterocycles. The van der Waals surface area contributed by atoms with Gasteiger partial charge in [0.1, 0.15) is 5.78 Å². The molecule has 1 atom stereocenters. The van der Waals surface area contributed by atoms with Gasteiger partial charge in [-0.1, -0.05) is 0 Å². The molecular formula is C15H27ClN2O. The largest absolute Gasteiger partial charge is 0.316 e. The number of nitrogens with one attached hydrogen (secondary N) is 1. The van der Waals surface area contributed by atoms with Crippen LogP contribution in [0.1, 0.15) is 44.9 Å². The number of ketones is 1. The van der Waals surface area contributed by atoms with E-state index in [1.165, 1.54) is 64.8 Å². The predicted molar refractivity (Wildman–Crippen MR) is 79.8 cm³/mol. The number of carbonyl (C=O) groups is 1. The van der Waals surface area contributed by atoms with Crippen LogP contribution in [0.4, 0.5) is 0 Å². The topological polar surface area (TPSA) is 32.3 Å². The maximum absolute atomic E-state index is 11.4. The molecule has 2 saturated heterocycles. The Hall–Kier alpha value is -0.120. The van der Waals surface area contributed by atoms with Crippen molar-refractivity contribution >= 4 is 18.2 Å². The van der Waals surface area contributed by atoms with E-state index in [0.717, 1.165) is 18.8 Å². The third-order valence-electron chi connectivity index (χ3n) is 5.46. The monoisotopic (exact) mass is 286 g/mol. The highest BCUT2D eigenvalue weighted by Crippen LogP contribution is 2.43. The van der Waals surface area contributed by atoms with Crippen LogP contribution in [-0.4, -0.2) is 43.4 Å². The van der Waals surface area contributed by atoms with E-state index in [-0.39, 0.29) is 12.4 Å². The van der Waals surface area contributed by atoms with E-state index in [0.29, 0.717) is 11.2 Å². The highest BCUT2D eigenvalue weighted by molar-refractivity contribution is 5.85. The summed E-state index contributed by atoms with van der Waals surface area (Å²) in [4.78, 5) is 14.0. The number of hydrogen-bond acceptors (Lipinski definition) is 3. The van der Waals surface area contributed by atoms with Gasteiger partial charge in [-0.15, -0.1) is 12.4 Å². The van der Waals surface area contributed by atoms with Gasteiger partial charge >= 0.3 is 0 Å². The molecule has 1 saturated carbocycles. The summed E-state index contributed by atoms with van der Waals surface area (Å²) in [7, 11) is 0. The maximum atomic E-state index is 11.4. The van der Waals surface area contributed by atoms with Crippen LogP contribution in [0.2, 0.25) is 0 Å². The van der Waals surface area contributed by atoms with Crippen molar-refractivity contribution in [1.29, 1.82) is 0 Å². The zero-order chi connectivity index (χ0) is 12.4. The fourth-order valence-electron chi connectivity index (χ4n) is 4.00. The van der Waals surface area contributed by atoms with Crippen LogP contribution in [0.25, 0.3) is 0 Å². The molecule has 3 aliphatic rings. The molecule has 0 aromatic carbocycles. The summed E-state index contributed by atoms with van der Waals surface area (Å²) in [6, 6.07) is 0. The summed E-state index contributed by atoms with van der Waals surface area (Å²) in [6.07, 6.45) is 8.07. The molecule has 3 rings (SSSR count). The molecule has 110 valence electrons. The van der Waals surface area contributed by atoms with E-state index in [9.17, 15) is 4.79 Å². The van der Waals surface area contributed by atoms with Crippen molar-refractivity contribution in [2.75, 3.05) is 32.7 Å². The van der Waals surface area contributed by atoms with E-state index in [1.807, 2.05) is 0 Å². The molecule has 1 N–H and O–H groups in total. The number of likely N-dealkylation sites (tertiary alicyclic amines) is 1. The van der Waals surface area contributed by atoms with Gasteiger partial charge in [0.05, 0.1) is 0 Å². The molecule has 19 heavy (non-hydrogen) atoms. The molecule has 0 radical (unpaired) electrons. The van der Waals surface area contributed by atoms with Gasteiger partial charge in [0.2, 0.25) is 0 Å². The second kappa shape index (κ2) is 6.55. The summed E-state index contributed by atoms with van der Waals surface area (Å²) >= 11 is 0. The number of carbonyl (C=O) groups excluding carboxylic acids is 1. The highest BCUT2D eigenvalue weighted by atomic mass is 35.5. The number of halogens is 1. The number of piperidine rings is 1. The average molecular weight is 287 g/mol. The van der Waals surface area contributed by atoms with Crippen LogP contribution in [0.3, 0.4) is 0 Å². The predicted octanol–water partition coefficient (Wildman–Crippen LogP) is 2.24. The number of rotatable bonds is 2. The van der Waals surface area contributed by atoms with E-state index in [4.69, 9.17) is 0 Å². The van der Waals surface area contributed by atoms with Gasteiger partial charge < -0.3 is 10.2 Å². The molecule has 3 fully saturated rings. The number of Topliss-reactive ketones (excluding diaryl/α,β-unsaturated/α-hetero) is 1. The standard InChI is InChI=1S/C15H26N2O.ClH/c18-14-1-4-15(5-2-14)6-9-17(10-7-15)12-13-3-8-16-11-13;/h13,16H,1-12H2;1H/t13-;/m1./s1. The minimum Gasteiger partial charge on any atom is -0.316 e. The van der Waals surface area contributed by atoms with Crippen LogP contribution in [0, 0.1) is 11.3 Å². The lowest BCUT2D eigenvalue weighted by Crippen LogP contribution is -2.43. The van der Waals surface area contributed by atoms with Crippen LogP contribution in [0.5, 0.6) is 0 Å². The van der Waals surface area contributed by atoms with Crippen molar-refractivity contribution in [1.82, 2.24) is 10.2 Å².